The first-order valence-electron chi connectivity index (χ1n) is 36.8. The van der Waals surface area contributed by atoms with Gasteiger partial charge in [0, 0.05) is 98.2 Å². The normalized spacial score (nSPS) is 35.1. The maximum Gasteiger partial charge on any atom is 0.344 e. The maximum absolute atomic E-state index is 15.0. The number of aromatic nitrogens is 2. The lowest BCUT2D eigenvalue weighted by Crippen LogP contribution is -2.61. The Balaban J connectivity index is 0.000000152. The molecule has 6 saturated carbocycles. The second-order valence-corrected chi connectivity index (χ2v) is 32.8. The molecule has 16 rings (SSSR count). The number of fused-ring (bicyclic) bond motifs is 10. The van der Waals surface area contributed by atoms with E-state index in [2.05, 4.69) is 35.6 Å². The summed E-state index contributed by atoms with van der Waals surface area (Å²) >= 11 is 0. The average molecular weight is 1440 g/mol. The van der Waals surface area contributed by atoms with Crippen molar-refractivity contribution in [3.05, 3.63) is 115 Å². The van der Waals surface area contributed by atoms with Crippen molar-refractivity contribution in [2.75, 3.05) is 103 Å². The summed E-state index contributed by atoms with van der Waals surface area (Å²) in [5, 5.41) is 65.2. The summed E-state index contributed by atoms with van der Waals surface area (Å²) in [6, 6.07) is 2.66. The Morgan fingerprint density at radius 3 is 1.53 bits per heavy atom. The van der Waals surface area contributed by atoms with Gasteiger partial charge in [0.25, 0.3) is 0 Å². The van der Waals surface area contributed by atoms with E-state index >= 15 is 0 Å². The molecule has 104 heavy (non-hydrogen) atoms. The fourth-order valence-electron chi connectivity index (χ4n) is 21.7. The van der Waals surface area contributed by atoms with Gasteiger partial charge < -0.3 is 73.6 Å². The van der Waals surface area contributed by atoms with Crippen molar-refractivity contribution < 1.29 is 78.0 Å². The van der Waals surface area contributed by atoms with Crippen molar-refractivity contribution in [2.24, 2.45) is 57.2 Å². The smallest absolute Gasteiger partial charge is 0.344 e. The number of halogens is 1. The minimum atomic E-state index is -1.80. The number of hydrogen-bond acceptors (Lipinski definition) is 20. The summed E-state index contributed by atoms with van der Waals surface area (Å²) in [7, 11) is 4.11. The van der Waals surface area contributed by atoms with Gasteiger partial charge in [-0.15, -0.1) is 0 Å². The Bertz CT molecular complexity index is 4500. The number of aromatic carboxylic acids is 1. The van der Waals surface area contributed by atoms with Crippen LogP contribution in [0.4, 0.5) is 15.8 Å². The van der Waals surface area contributed by atoms with Crippen molar-refractivity contribution in [3.8, 4) is 11.5 Å². The standard InChI is InChI=1S/C40H49N3O8.C21H28O5.C18H20FN3O4.CH4/c1-22-16-27-34-36(33(22)42-14-12-41(5)13-15-42)50-20-23(2)43(34)19-28(35(27)47)37(48)51-21-31(46)40(49)11-9-29-26-7-6-24-17-25(44)8-10-38(24,3)32(26)30(45)18-39(29,40)4;1-19-7-5-13(23)9-12(19)3-4-14-15-6-8-21(26,17(25)11-22)20(15,2)10-16(24)18(14)19;1-10-9-26-17-14-11(16(23)12(18(24)25)8-22(10)14)7-13(19)15(17)21-5-3-20(2)4-6-21;/h8,10,16-17,19,23,26,29-30,32,45,49H,6-7,9,11-15,18,20-21H2,1-5H3;5,7,9,14-16,18,22,24,26H,3-4,6,8,10-11H2,1-2H3;7-8,10H,3-6,9H2,1-2H3,(H,24,25);1H4/t23-,26?,29?,30-,32?,38-,39-,40-;14?,15?,16-,18?,19-,20-,21-;10-;/m000./s1. The van der Waals surface area contributed by atoms with Gasteiger partial charge in [0.2, 0.25) is 16.6 Å². The monoisotopic (exact) mass is 1440 g/mol. The number of aliphatic hydroxyl groups excluding tert-OH is 3. The van der Waals surface area contributed by atoms with Crippen LogP contribution in [0, 0.1) is 69.9 Å². The van der Waals surface area contributed by atoms with E-state index in [-0.39, 0.29) is 108 Å². The van der Waals surface area contributed by atoms with Crippen LogP contribution in [0.5, 0.6) is 11.5 Å². The number of hydrogen-bond donors (Lipinski definition) is 6. The Morgan fingerprint density at radius 1 is 0.625 bits per heavy atom. The van der Waals surface area contributed by atoms with Gasteiger partial charge in [0.05, 0.1) is 51.8 Å². The van der Waals surface area contributed by atoms with Crippen molar-refractivity contribution >= 4 is 68.3 Å². The second-order valence-electron chi connectivity index (χ2n) is 32.8. The van der Waals surface area contributed by atoms with Gasteiger partial charge in [-0.3, -0.25) is 28.8 Å². The summed E-state index contributed by atoms with van der Waals surface area (Å²) in [5.41, 5.74) is -2.07. The van der Waals surface area contributed by atoms with E-state index in [1.807, 2.05) is 69.4 Å². The quantitative estimate of drug-likeness (QED) is 0.0884. The summed E-state index contributed by atoms with van der Waals surface area (Å²) in [5.74, 6) is -2.79. The first-order valence-corrected chi connectivity index (χ1v) is 36.8. The summed E-state index contributed by atoms with van der Waals surface area (Å²) in [6.45, 7) is 19.5. The highest BCUT2D eigenvalue weighted by atomic mass is 19.1. The highest BCUT2D eigenvalue weighted by Gasteiger charge is 2.70. The molecule has 2 aromatic heterocycles. The predicted molar refractivity (Wildman–Crippen MR) is 388 cm³/mol. The van der Waals surface area contributed by atoms with Crippen LogP contribution in [0.15, 0.2) is 81.7 Å². The number of carboxylic acids is 1. The Hall–Kier alpha value is -7.71. The number of nitrogens with zero attached hydrogens (tertiary/aromatic N) is 6. The fraction of sp³-hybridized carbons (Fsp3) is 0.600. The third-order valence-electron chi connectivity index (χ3n) is 27.3. The first-order chi connectivity index (χ1) is 48.7. The lowest BCUT2D eigenvalue weighted by atomic mass is 9.46. The molecule has 0 spiro atoms. The van der Waals surface area contributed by atoms with Gasteiger partial charge in [-0.2, -0.15) is 0 Å². The van der Waals surface area contributed by atoms with Gasteiger partial charge in [-0.05, 0) is 165 Å². The van der Waals surface area contributed by atoms with Gasteiger partial charge in [-0.25, -0.2) is 14.0 Å². The molecule has 6 N–H and O–H groups in total. The molecule has 6 heterocycles. The fourth-order valence-corrected chi connectivity index (χ4v) is 21.7. The minimum absolute atomic E-state index is 0. The third kappa shape index (κ3) is 11.5. The summed E-state index contributed by atoms with van der Waals surface area (Å²) < 4.78 is 36.3. The van der Waals surface area contributed by atoms with Crippen LogP contribution in [-0.2, 0) is 23.9 Å². The SMILES string of the molecule is C.C[C@H]1COc2c(N3CCN(C)CC3)c(F)cc3c(=O)c(C(=O)O)cn1c23.C[C@]12C=CC(=O)C=C1CCC1C2[C@@H](O)C[C@@]2(C)C1CC[C@]2(O)C(=O)CO.Cc1cc2c(=O)c(C(=O)OCC(=O)[C@@]3(O)CCC4C5CCC6=CC(=O)C=C[C@]6(C)C5[C@@H](O)C[C@@]43C)cn3c2c(c1N1CCN(C)CC1)OC[C@@H]3C. The highest BCUT2D eigenvalue weighted by molar-refractivity contribution is 6.03. The van der Waals surface area contributed by atoms with Crippen LogP contribution in [-0.4, -0.2) is 201 Å². The van der Waals surface area contributed by atoms with E-state index in [9.17, 15) is 73.4 Å². The highest BCUT2D eigenvalue weighted by Crippen LogP contribution is 2.69. The zero-order valence-electron chi connectivity index (χ0n) is 60.3. The number of likely N-dealkylation sites (N-methyl/N-ethyl adjacent to an activating group) is 2. The lowest BCUT2D eigenvalue weighted by molar-refractivity contribution is -0.178. The number of rotatable bonds is 9. The molecule has 23 nitrogen and oxygen atoms in total. The number of pyridine rings is 2. The Labute approximate surface area is 604 Å². The predicted octanol–water partition coefficient (Wildman–Crippen LogP) is 7.49. The Morgan fingerprint density at radius 2 is 1.06 bits per heavy atom. The Kier molecular flexibility index (Phi) is 19.3. The number of carbonyl (C=O) groups is 6. The van der Waals surface area contributed by atoms with Crippen molar-refractivity contribution in [2.45, 2.75) is 156 Å². The summed E-state index contributed by atoms with van der Waals surface area (Å²) in [6.07, 6.45) is 17.5. The van der Waals surface area contributed by atoms with E-state index in [1.54, 1.807) is 28.9 Å². The van der Waals surface area contributed by atoms with E-state index in [4.69, 9.17) is 14.2 Å². The number of anilines is 2. The van der Waals surface area contributed by atoms with Gasteiger partial charge in [0.1, 0.15) is 47.8 Å². The zero-order chi connectivity index (χ0) is 73.7. The van der Waals surface area contributed by atoms with Gasteiger partial charge in [-0.1, -0.05) is 58.4 Å². The van der Waals surface area contributed by atoms with Crippen LogP contribution in [0.2, 0.25) is 0 Å². The number of allylic oxidation sites excluding steroid dienone is 8. The number of ketones is 4. The van der Waals surface area contributed by atoms with Crippen LogP contribution in [0.3, 0.4) is 0 Å². The number of benzene rings is 2. The number of piperazine rings is 2. The van der Waals surface area contributed by atoms with E-state index in [0.717, 1.165) is 99.8 Å². The number of aliphatic hydroxyl groups is 5. The molecular formula is C80H101FN6O17. The number of ether oxygens (including phenoxy) is 3. The third-order valence-corrected chi connectivity index (χ3v) is 27.3. The van der Waals surface area contributed by atoms with E-state index in [0.29, 0.717) is 72.6 Å². The minimum Gasteiger partial charge on any atom is -0.487 e. The zero-order valence-corrected chi connectivity index (χ0v) is 60.3. The van der Waals surface area contributed by atoms with Crippen LogP contribution in [0.25, 0.3) is 21.8 Å². The molecule has 6 unspecified atom stereocenters. The van der Waals surface area contributed by atoms with Crippen molar-refractivity contribution in [3.63, 3.8) is 0 Å². The second kappa shape index (κ2) is 27.0. The number of esters is 1. The molecule has 12 aliphatic rings. The van der Waals surface area contributed by atoms with Crippen molar-refractivity contribution in [1.82, 2.24) is 18.9 Å². The molecule has 4 aromatic rings. The van der Waals surface area contributed by atoms with Crippen LogP contribution >= 0.6 is 0 Å². The molecule has 0 bridgehead atoms. The average Bonchev–Trinajstić information content (AvgIpc) is 1.47. The number of Topliss-reactive ketones (excluding diaryl/α,β-unsaturated/α-hetero) is 2. The first kappa shape index (κ1) is 74.6. The topological polar surface area (TPSA) is 308 Å². The molecule has 8 aliphatic carbocycles. The molecule has 2 saturated heterocycles. The number of carbonyl (C=O) groups excluding carboxylic acids is 5. The largest absolute Gasteiger partial charge is 0.487 e. The molecule has 8 fully saturated rings. The summed E-state index contributed by atoms with van der Waals surface area (Å²) in [4.78, 5) is 111. The van der Waals surface area contributed by atoms with Crippen molar-refractivity contribution in [1.29, 1.82) is 0 Å². The molecule has 16 atom stereocenters. The molecule has 4 aliphatic heterocycles. The molecule has 24 heteroatoms. The molecule has 0 radical (unpaired) electrons. The number of carboxylic acid groups (broad SMARTS) is 1. The van der Waals surface area contributed by atoms with Crippen LogP contribution in [0.1, 0.15) is 152 Å². The van der Waals surface area contributed by atoms with E-state index < -0.39 is 93.0 Å². The maximum atomic E-state index is 15.0. The molecular weight excluding hydrogens is 1340 g/mol. The van der Waals surface area contributed by atoms with Crippen LogP contribution < -0.4 is 30.1 Å². The molecule has 0 amide bonds. The van der Waals surface area contributed by atoms with E-state index in [1.165, 1.54) is 12.4 Å². The molecule has 560 valence electrons. The number of aryl methyl sites for hydroxylation is 1. The van der Waals surface area contributed by atoms with Gasteiger partial charge >= 0.3 is 11.9 Å². The van der Waals surface area contributed by atoms with Gasteiger partial charge in [0.15, 0.2) is 41.3 Å². The molecule has 2 aromatic carbocycles. The lowest BCUT2D eigenvalue weighted by Gasteiger charge is -2.59.